The van der Waals surface area contributed by atoms with Crippen LogP contribution in [0.15, 0.2) is 48.0 Å². The number of anilines is 3. The van der Waals surface area contributed by atoms with E-state index in [1.807, 2.05) is 19.4 Å². The number of piperidine rings is 1. The topological polar surface area (TPSA) is 93.0 Å². The van der Waals surface area contributed by atoms with Crippen molar-refractivity contribution < 1.29 is 8.42 Å². The van der Waals surface area contributed by atoms with Crippen LogP contribution in [0.1, 0.15) is 50.8 Å². The first kappa shape index (κ1) is 23.2. The fourth-order valence-electron chi connectivity index (χ4n) is 4.02. The van der Waals surface area contributed by atoms with Crippen molar-refractivity contribution in [3.8, 4) is 0 Å². The molecule has 1 saturated heterocycles. The first-order valence-electron chi connectivity index (χ1n) is 11.2. The second-order valence-corrected chi connectivity index (χ2v) is 11.8. The lowest BCUT2D eigenvalue weighted by Gasteiger charge is -2.32. The molecule has 1 aromatic carbocycles. The summed E-state index contributed by atoms with van der Waals surface area (Å²) in [5, 5.41) is 3.38. The van der Waals surface area contributed by atoms with Gasteiger partial charge in [0.25, 0.3) is 0 Å². The van der Waals surface area contributed by atoms with E-state index in [4.69, 9.17) is 4.98 Å². The van der Waals surface area contributed by atoms with Crippen molar-refractivity contribution in [1.82, 2.24) is 19.5 Å². The standard InChI is InChI=1S/C24H32N6O2S/c1-17-6-7-18(24(2,3)4)14-20(17)26-21-15-22(33(5,31)32)28-23(27-21)29-11-8-19(9-12-29)30-13-10-25-16-30/h6-7,10,13-16,19H,8-9,11-12H2,1-5H3,(H,26,27,28). The molecule has 33 heavy (non-hydrogen) atoms. The van der Waals surface area contributed by atoms with Crippen LogP contribution in [0.4, 0.5) is 17.5 Å². The summed E-state index contributed by atoms with van der Waals surface area (Å²) in [5.41, 5.74) is 3.16. The SMILES string of the molecule is Cc1ccc(C(C)(C)C)cc1Nc1cc(S(C)(=O)=O)nc(N2CCC(n3ccnc3)CC2)n1. The van der Waals surface area contributed by atoms with Crippen molar-refractivity contribution in [2.24, 2.45) is 0 Å². The molecule has 1 fully saturated rings. The van der Waals surface area contributed by atoms with Crippen molar-refractivity contribution in [2.45, 2.75) is 57.0 Å². The van der Waals surface area contributed by atoms with Crippen LogP contribution in [0.5, 0.6) is 0 Å². The smallest absolute Gasteiger partial charge is 0.228 e. The van der Waals surface area contributed by atoms with Crippen molar-refractivity contribution in [1.29, 1.82) is 0 Å². The number of nitrogens with zero attached hydrogens (tertiary/aromatic N) is 5. The first-order chi connectivity index (χ1) is 15.5. The molecule has 0 atom stereocenters. The van der Waals surface area contributed by atoms with E-state index in [2.05, 4.69) is 63.7 Å². The van der Waals surface area contributed by atoms with Crippen LogP contribution in [0.2, 0.25) is 0 Å². The Bertz CT molecular complexity index is 1220. The van der Waals surface area contributed by atoms with Gasteiger partial charge in [-0.3, -0.25) is 0 Å². The van der Waals surface area contributed by atoms with Gasteiger partial charge in [0.15, 0.2) is 14.9 Å². The molecule has 0 saturated carbocycles. The normalized spacial score (nSPS) is 15.6. The lowest BCUT2D eigenvalue weighted by Crippen LogP contribution is -2.35. The number of hydrogen-bond donors (Lipinski definition) is 1. The van der Waals surface area contributed by atoms with E-state index in [-0.39, 0.29) is 10.4 Å². The second kappa shape index (κ2) is 8.78. The van der Waals surface area contributed by atoms with E-state index < -0.39 is 9.84 Å². The number of nitrogens with one attached hydrogen (secondary N) is 1. The average molecular weight is 469 g/mol. The van der Waals surface area contributed by atoms with Crippen molar-refractivity contribution in [2.75, 3.05) is 29.6 Å². The molecule has 0 aliphatic carbocycles. The number of benzene rings is 1. The highest BCUT2D eigenvalue weighted by Crippen LogP contribution is 2.30. The molecule has 2 aromatic heterocycles. The highest BCUT2D eigenvalue weighted by Gasteiger charge is 2.24. The molecule has 0 unspecified atom stereocenters. The van der Waals surface area contributed by atoms with E-state index in [1.165, 1.54) is 17.9 Å². The monoisotopic (exact) mass is 468 g/mol. The molecule has 0 amide bonds. The van der Waals surface area contributed by atoms with Gasteiger partial charge in [-0.2, -0.15) is 4.98 Å². The van der Waals surface area contributed by atoms with Gasteiger partial charge in [0.1, 0.15) is 5.82 Å². The minimum absolute atomic E-state index is 0.00153. The molecule has 1 aliphatic rings. The molecule has 3 heterocycles. The van der Waals surface area contributed by atoms with Gasteiger partial charge in [0, 0.05) is 49.5 Å². The Kier molecular flexibility index (Phi) is 6.18. The number of hydrogen-bond acceptors (Lipinski definition) is 7. The minimum atomic E-state index is -3.50. The summed E-state index contributed by atoms with van der Waals surface area (Å²) < 4.78 is 26.9. The lowest BCUT2D eigenvalue weighted by molar-refractivity contribution is 0.393. The third-order valence-electron chi connectivity index (χ3n) is 6.13. The average Bonchev–Trinajstić information content (AvgIpc) is 3.29. The summed E-state index contributed by atoms with van der Waals surface area (Å²) in [6.07, 6.45) is 8.63. The number of imidazole rings is 1. The molecule has 1 N–H and O–H groups in total. The number of sulfone groups is 1. The van der Waals surface area contributed by atoms with Crippen LogP contribution >= 0.6 is 0 Å². The molecule has 176 valence electrons. The zero-order valence-corrected chi connectivity index (χ0v) is 20.7. The molecule has 0 bridgehead atoms. The highest BCUT2D eigenvalue weighted by molar-refractivity contribution is 7.90. The molecule has 9 heteroatoms. The molecule has 0 spiro atoms. The third kappa shape index (κ3) is 5.35. The van der Waals surface area contributed by atoms with Gasteiger partial charge in [-0.15, -0.1) is 0 Å². The van der Waals surface area contributed by atoms with Gasteiger partial charge in [-0.05, 0) is 42.4 Å². The summed E-state index contributed by atoms with van der Waals surface area (Å²) in [5.74, 6) is 0.917. The predicted octanol–water partition coefficient (Wildman–Crippen LogP) is 4.27. The first-order valence-corrected chi connectivity index (χ1v) is 13.1. The highest BCUT2D eigenvalue weighted by atomic mass is 32.2. The zero-order valence-electron chi connectivity index (χ0n) is 19.9. The molecule has 8 nitrogen and oxygen atoms in total. The minimum Gasteiger partial charge on any atom is -0.341 e. The molecule has 0 radical (unpaired) electrons. The molecule has 3 aromatic rings. The van der Waals surface area contributed by atoms with Gasteiger partial charge in [0.2, 0.25) is 5.95 Å². The third-order valence-corrected chi connectivity index (χ3v) is 7.10. The van der Waals surface area contributed by atoms with E-state index in [0.29, 0.717) is 17.8 Å². The van der Waals surface area contributed by atoms with Crippen LogP contribution in [0, 0.1) is 6.92 Å². The van der Waals surface area contributed by atoms with Gasteiger partial charge in [-0.25, -0.2) is 18.4 Å². The quantitative estimate of drug-likeness (QED) is 0.559. The fourth-order valence-corrected chi connectivity index (χ4v) is 4.59. The largest absolute Gasteiger partial charge is 0.341 e. The summed E-state index contributed by atoms with van der Waals surface area (Å²) in [7, 11) is -3.50. The maximum absolute atomic E-state index is 12.4. The number of rotatable bonds is 5. The van der Waals surface area contributed by atoms with Crippen LogP contribution in [0.25, 0.3) is 0 Å². The lowest BCUT2D eigenvalue weighted by atomic mass is 9.86. The maximum atomic E-state index is 12.4. The Morgan fingerprint density at radius 3 is 2.42 bits per heavy atom. The van der Waals surface area contributed by atoms with Gasteiger partial charge < -0.3 is 14.8 Å². The summed E-state index contributed by atoms with van der Waals surface area (Å²) >= 11 is 0. The summed E-state index contributed by atoms with van der Waals surface area (Å²) in [6, 6.07) is 8.19. The summed E-state index contributed by atoms with van der Waals surface area (Å²) in [6.45, 7) is 10.0. The number of aromatic nitrogens is 4. The molecular weight excluding hydrogens is 436 g/mol. The van der Waals surface area contributed by atoms with Crippen molar-refractivity contribution in [3.63, 3.8) is 0 Å². The van der Waals surface area contributed by atoms with Crippen LogP contribution in [-0.4, -0.2) is 47.3 Å². The van der Waals surface area contributed by atoms with Crippen LogP contribution < -0.4 is 10.2 Å². The molecule has 1 aliphatic heterocycles. The van der Waals surface area contributed by atoms with Crippen molar-refractivity contribution in [3.05, 3.63) is 54.1 Å². The number of aryl methyl sites for hydroxylation is 1. The van der Waals surface area contributed by atoms with Crippen LogP contribution in [0.3, 0.4) is 0 Å². The van der Waals surface area contributed by atoms with Gasteiger partial charge in [-0.1, -0.05) is 32.9 Å². The zero-order chi connectivity index (χ0) is 23.8. The maximum Gasteiger partial charge on any atom is 0.228 e. The van der Waals surface area contributed by atoms with E-state index in [0.717, 1.165) is 37.2 Å². The van der Waals surface area contributed by atoms with E-state index in [9.17, 15) is 8.42 Å². The predicted molar refractivity (Wildman–Crippen MR) is 131 cm³/mol. The Morgan fingerprint density at radius 2 is 1.82 bits per heavy atom. The second-order valence-electron chi connectivity index (χ2n) is 9.80. The molecule has 4 rings (SSSR count). The molecular formula is C24H32N6O2S. The Balaban J connectivity index is 1.63. The van der Waals surface area contributed by atoms with Crippen molar-refractivity contribution >= 4 is 27.3 Å². The Hall–Kier alpha value is -2.94. The Labute approximate surface area is 196 Å². The van der Waals surface area contributed by atoms with Gasteiger partial charge >= 0.3 is 0 Å². The summed E-state index contributed by atoms with van der Waals surface area (Å²) in [4.78, 5) is 15.3. The Morgan fingerprint density at radius 1 is 1.09 bits per heavy atom. The van der Waals surface area contributed by atoms with E-state index in [1.54, 1.807) is 6.20 Å². The van der Waals surface area contributed by atoms with Gasteiger partial charge in [0.05, 0.1) is 6.33 Å². The van der Waals surface area contributed by atoms with Crippen LogP contribution in [-0.2, 0) is 15.3 Å². The van der Waals surface area contributed by atoms with E-state index >= 15 is 0 Å². The fraction of sp³-hybridized carbons (Fsp3) is 0.458.